The van der Waals surface area contributed by atoms with Gasteiger partial charge >= 0.3 is 8.03 Å². The summed E-state index contributed by atoms with van der Waals surface area (Å²) in [7, 11) is -1.85. The largest absolute Gasteiger partial charge is 0.505 e. The number of hydrogen-bond donors (Lipinski definition) is 1. The monoisotopic (exact) mass is 116 g/mol. The van der Waals surface area contributed by atoms with Crippen molar-refractivity contribution in [1.29, 1.82) is 0 Å². The molecule has 4 heteroatoms. The predicted octanol–water partition coefficient (Wildman–Crippen LogP) is 0.360. The molecule has 0 aliphatic rings. The van der Waals surface area contributed by atoms with E-state index in [1.807, 2.05) is 0 Å². The van der Waals surface area contributed by atoms with Crippen molar-refractivity contribution in [2.75, 3.05) is 6.16 Å². The average Bonchev–Trinajstić information content (AvgIpc) is 1.38. The van der Waals surface area contributed by atoms with Crippen molar-refractivity contribution in [3.05, 3.63) is 0 Å². The summed E-state index contributed by atoms with van der Waals surface area (Å²) in [4.78, 5) is 7.87. The first kappa shape index (κ1) is 10.1. The topological polar surface area (TPSA) is 37.3 Å². The van der Waals surface area contributed by atoms with Gasteiger partial charge in [0.2, 0.25) is 0 Å². The summed E-state index contributed by atoms with van der Waals surface area (Å²) in [6.45, 7) is 1.67. The third kappa shape index (κ3) is 8.91. The van der Waals surface area contributed by atoms with Crippen LogP contribution >= 0.6 is 8.03 Å². The van der Waals surface area contributed by atoms with E-state index in [1.54, 1.807) is 6.92 Å². The Kier molecular flexibility index (Phi) is 10.2. The summed E-state index contributed by atoms with van der Waals surface area (Å²) < 4.78 is 9.52. The molecule has 0 aromatic heterocycles. The van der Waals surface area contributed by atoms with Gasteiger partial charge < -0.3 is 0 Å². The number of rotatable bonds is 1. The third-order valence-electron chi connectivity index (χ3n) is 0.271. The molecule has 0 saturated carbocycles. The minimum atomic E-state index is -1.85. The molecule has 0 aliphatic carbocycles. The van der Waals surface area contributed by atoms with E-state index in [0.29, 0.717) is 6.16 Å². The Morgan fingerprint density at radius 2 is 2.00 bits per heavy atom. The molecular weight excluding hydrogens is 110 g/mol. The van der Waals surface area contributed by atoms with E-state index in [-0.39, 0.29) is 29.6 Å². The summed E-state index contributed by atoms with van der Waals surface area (Å²) in [5, 5.41) is 0. The molecule has 1 radical (unpaired) electrons. The van der Waals surface area contributed by atoms with Crippen LogP contribution in [-0.4, -0.2) is 40.6 Å². The van der Waals surface area contributed by atoms with Gasteiger partial charge in [-0.15, -0.1) is 0 Å². The standard InChI is InChI=1S/C2H5O2P.Na/c1-2-5(3)4;/h2H2,1H3;/p+1. The minimum Gasteiger partial charge on any atom is -0.161 e. The van der Waals surface area contributed by atoms with Crippen molar-refractivity contribution in [3.63, 3.8) is 0 Å². The summed E-state index contributed by atoms with van der Waals surface area (Å²) in [6.07, 6.45) is 0.370. The summed E-state index contributed by atoms with van der Waals surface area (Å²) in [5.41, 5.74) is 0. The Hall–Kier alpha value is 1.06. The molecule has 0 spiro atoms. The second-order valence-corrected chi connectivity index (χ2v) is 2.01. The van der Waals surface area contributed by atoms with Crippen LogP contribution in [0, 0.1) is 0 Å². The molecule has 0 bridgehead atoms. The van der Waals surface area contributed by atoms with Crippen LogP contribution in [0.5, 0.6) is 0 Å². The minimum absolute atomic E-state index is 0. The van der Waals surface area contributed by atoms with Gasteiger partial charge in [0, 0.05) is 29.6 Å². The molecule has 0 rings (SSSR count). The van der Waals surface area contributed by atoms with Crippen LogP contribution in [0.25, 0.3) is 0 Å². The first-order valence-corrected chi connectivity index (χ1v) is 2.80. The zero-order valence-electron chi connectivity index (χ0n) is 4.01. The molecule has 0 aliphatic heterocycles. The fraction of sp³-hybridized carbons (Fsp3) is 1.00. The molecule has 0 amide bonds. The molecule has 2 nitrogen and oxygen atoms in total. The predicted molar refractivity (Wildman–Crippen MR) is 26.1 cm³/mol. The Bertz CT molecular complexity index is 46.8. The van der Waals surface area contributed by atoms with Crippen LogP contribution in [0.3, 0.4) is 0 Å². The van der Waals surface area contributed by atoms with Crippen molar-refractivity contribution < 1.29 is 9.46 Å². The normalized spacial score (nSPS) is 9.33. The Balaban J connectivity index is 0. The molecule has 0 saturated heterocycles. The van der Waals surface area contributed by atoms with Crippen molar-refractivity contribution in [2.45, 2.75) is 6.92 Å². The van der Waals surface area contributed by atoms with Gasteiger partial charge in [-0.05, 0) is 11.5 Å². The summed E-state index contributed by atoms with van der Waals surface area (Å²) in [5.74, 6) is 0. The van der Waals surface area contributed by atoms with Crippen LogP contribution in [0.2, 0.25) is 0 Å². The Morgan fingerprint density at radius 3 is 2.00 bits per heavy atom. The van der Waals surface area contributed by atoms with E-state index in [9.17, 15) is 4.57 Å². The molecular formula is C2H6NaO2P+. The molecule has 1 unspecified atom stereocenters. The van der Waals surface area contributed by atoms with Crippen molar-refractivity contribution in [2.24, 2.45) is 0 Å². The smallest absolute Gasteiger partial charge is 0.161 e. The maximum absolute atomic E-state index is 9.52. The Morgan fingerprint density at radius 1 is 1.83 bits per heavy atom. The molecule has 0 fully saturated rings. The van der Waals surface area contributed by atoms with Gasteiger partial charge in [-0.25, -0.2) is 0 Å². The fourth-order valence-electron chi connectivity index (χ4n) is 0. The molecule has 1 atom stereocenters. The molecule has 0 aromatic carbocycles. The van der Waals surface area contributed by atoms with E-state index < -0.39 is 8.03 Å². The average molecular weight is 116 g/mol. The second kappa shape index (κ2) is 6.06. The zero-order valence-corrected chi connectivity index (χ0v) is 6.90. The van der Waals surface area contributed by atoms with Crippen LogP contribution in [0.1, 0.15) is 6.92 Å². The van der Waals surface area contributed by atoms with E-state index in [0.717, 1.165) is 0 Å². The van der Waals surface area contributed by atoms with Crippen LogP contribution in [0.15, 0.2) is 0 Å². The molecule has 0 aromatic rings. The van der Waals surface area contributed by atoms with Gasteiger partial charge in [0.25, 0.3) is 0 Å². The second-order valence-electron chi connectivity index (χ2n) is 0.668. The van der Waals surface area contributed by atoms with Crippen LogP contribution in [0.4, 0.5) is 0 Å². The van der Waals surface area contributed by atoms with Gasteiger partial charge in [-0.1, -0.05) is 0 Å². The SMILES string of the molecule is CC[P+](=O)O.[Na]. The number of hydrogen-bond acceptors (Lipinski definition) is 1. The van der Waals surface area contributed by atoms with E-state index in [1.165, 1.54) is 0 Å². The molecule has 6 heavy (non-hydrogen) atoms. The first-order chi connectivity index (χ1) is 2.27. The molecule has 31 valence electrons. The van der Waals surface area contributed by atoms with Crippen molar-refractivity contribution in [1.82, 2.24) is 0 Å². The quantitative estimate of drug-likeness (QED) is 0.396. The van der Waals surface area contributed by atoms with Crippen LogP contribution in [-0.2, 0) is 4.57 Å². The van der Waals surface area contributed by atoms with Gasteiger partial charge in [-0.3, -0.25) is 0 Å². The zero-order chi connectivity index (χ0) is 4.28. The Labute approximate surface area is 60.1 Å². The maximum Gasteiger partial charge on any atom is 0.505 e. The fourth-order valence-corrected chi connectivity index (χ4v) is 0. The first-order valence-electron chi connectivity index (χ1n) is 1.41. The third-order valence-corrected chi connectivity index (χ3v) is 0.812. The van der Waals surface area contributed by atoms with Gasteiger partial charge in [0.05, 0.1) is 0 Å². The summed E-state index contributed by atoms with van der Waals surface area (Å²) >= 11 is 0. The van der Waals surface area contributed by atoms with E-state index in [4.69, 9.17) is 4.89 Å². The molecule has 0 heterocycles. The summed E-state index contributed by atoms with van der Waals surface area (Å²) in [6, 6.07) is 0. The molecule has 1 N–H and O–H groups in total. The van der Waals surface area contributed by atoms with Crippen molar-refractivity contribution >= 4 is 37.6 Å². The van der Waals surface area contributed by atoms with E-state index >= 15 is 0 Å². The van der Waals surface area contributed by atoms with Gasteiger partial charge in [0.1, 0.15) is 0 Å². The van der Waals surface area contributed by atoms with Crippen LogP contribution < -0.4 is 0 Å². The maximum atomic E-state index is 9.52. The van der Waals surface area contributed by atoms with Crippen molar-refractivity contribution in [3.8, 4) is 0 Å². The van der Waals surface area contributed by atoms with E-state index in [2.05, 4.69) is 0 Å². The van der Waals surface area contributed by atoms with Gasteiger partial charge in [-0.2, -0.15) is 4.89 Å². The van der Waals surface area contributed by atoms with Gasteiger partial charge in [0.15, 0.2) is 6.16 Å².